The quantitative estimate of drug-likeness (QED) is 0.789. The summed E-state index contributed by atoms with van der Waals surface area (Å²) in [6, 6.07) is 6.44. The van der Waals surface area contributed by atoms with Crippen molar-refractivity contribution >= 4 is 5.91 Å². The number of benzene rings is 1. The normalized spacial score (nSPS) is 21.4. The van der Waals surface area contributed by atoms with Gasteiger partial charge in [0.1, 0.15) is 12.4 Å². The molecule has 0 bridgehead atoms. The van der Waals surface area contributed by atoms with Gasteiger partial charge in [0.2, 0.25) is 5.91 Å². The first-order valence-electron chi connectivity index (χ1n) is 10.1. The highest BCUT2D eigenvalue weighted by Crippen LogP contribution is 2.32. The third kappa shape index (κ3) is 4.22. The van der Waals surface area contributed by atoms with Crippen LogP contribution in [0.15, 0.2) is 24.3 Å². The molecule has 2 aliphatic heterocycles. The largest absolute Gasteiger partial charge is 0.334 e. The fourth-order valence-electron chi connectivity index (χ4n) is 4.20. The van der Waals surface area contributed by atoms with Crippen LogP contribution in [0, 0.1) is 11.7 Å². The molecule has 7 nitrogen and oxygen atoms in total. The van der Waals surface area contributed by atoms with Crippen molar-refractivity contribution in [2.75, 3.05) is 19.6 Å². The number of rotatable bonds is 5. The van der Waals surface area contributed by atoms with E-state index in [0.29, 0.717) is 13.1 Å². The topological polar surface area (TPSA) is 67.2 Å². The van der Waals surface area contributed by atoms with Crippen LogP contribution in [0.2, 0.25) is 0 Å². The second kappa shape index (κ2) is 8.34. The summed E-state index contributed by atoms with van der Waals surface area (Å²) in [5.74, 6) is 1.26. The molecule has 2 aromatic rings. The average molecular weight is 386 g/mol. The first-order valence-corrected chi connectivity index (χ1v) is 10.1. The molecule has 1 aromatic carbocycles. The molecule has 4 rings (SSSR count). The highest BCUT2D eigenvalue weighted by atomic mass is 19.1. The highest BCUT2D eigenvalue weighted by Gasteiger charge is 2.30. The van der Waals surface area contributed by atoms with Crippen LogP contribution in [0.5, 0.6) is 0 Å². The lowest BCUT2D eigenvalue weighted by Gasteiger charge is -2.29. The van der Waals surface area contributed by atoms with Crippen molar-refractivity contribution in [3.63, 3.8) is 0 Å². The second-order valence-electron chi connectivity index (χ2n) is 8.01. The van der Waals surface area contributed by atoms with Crippen molar-refractivity contribution in [3.05, 3.63) is 41.5 Å². The molecule has 0 N–H and O–H groups in total. The Bertz CT molecular complexity index is 799. The second-order valence-corrected chi connectivity index (χ2v) is 8.01. The number of amides is 1. The van der Waals surface area contributed by atoms with E-state index in [1.54, 1.807) is 16.8 Å². The Kier molecular flexibility index (Phi) is 5.66. The summed E-state index contributed by atoms with van der Waals surface area (Å²) in [7, 11) is 0. The molecule has 8 heteroatoms. The van der Waals surface area contributed by atoms with Gasteiger partial charge in [-0.2, -0.15) is 0 Å². The highest BCUT2D eigenvalue weighted by molar-refractivity contribution is 5.76. The summed E-state index contributed by atoms with van der Waals surface area (Å²) in [6.07, 6.45) is 4.22. The Hall–Kier alpha value is -2.35. The minimum absolute atomic E-state index is 0.00314. The van der Waals surface area contributed by atoms with Crippen molar-refractivity contribution in [1.82, 2.24) is 30.0 Å². The molecule has 1 amide bonds. The molecule has 1 unspecified atom stereocenters. The number of likely N-dealkylation sites (tertiary alicyclic amines) is 2. The molecule has 0 spiro atoms. The maximum Gasteiger partial charge on any atom is 0.244 e. The lowest BCUT2D eigenvalue weighted by Crippen LogP contribution is -2.36. The molecule has 2 fully saturated rings. The first-order chi connectivity index (χ1) is 13.6. The molecule has 3 heterocycles. The van der Waals surface area contributed by atoms with Gasteiger partial charge < -0.3 is 4.90 Å². The van der Waals surface area contributed by atoms with Crippen molar-refractivity contribution in [2.45, 2.75) is 51.7 Å². The number of aromatic nitrogens is 4. The molecule has 1 atom stereocenters. The van der Waals surface area contributed by atoms with Gasteiger partial charge in [-0.3, -0.25) is 9.69 Å². The van der Waals surface area contributed by atoms with Gasteiger partial charge in [0.25, 0.3) is 0 Å². The zero-order chi connectivity index (χ0) is 19.5. The smallest absolute Gasteiger partial charge is 0.244 e. The number of nitrogens with zero attached hydrogens (tertiary/aromatic N) is 6. The number of hydrogen-bond donors (Lipinski definition) is 0. The summed E-state index contributed by atoms with van der Waals surface area (Å²) in [4.78, 5) is 17.2. The summed E-state index contributed by atoms with van der Waals surface area (Å²) >= 11 is 0. The zero-order valence-corrected chi connectivity index (χ0v) is 16.3. The van der Waals surface area contributed by atoms with Gasteiger partial charge >= 0.3 is 0 Å². The standard InChI is InChI=1S/C20H27FN6O/c1-15-8-11-25(12-9-15)13-19-22-23-24-27(19)14-20(28)26-10-2-3-18(26)16-4-6-17(21)7-5-16/h4-7,15,18H,2-3,8-14H2,1H3. The Balaban J connectivity index is 1.41. The Morgan fingerprint density at radius 3 is 2.64 bits per heavy atom. The number of halogens is 1. The van der Waals surface area contributed by atoms with Crippen LogP contribution in [-0.2, 0) is 17.9 Å². The maximum absolute atomic E-state index is 13.2. The van der Waals surface area contributed by atoms with Crippen LogP contribution in [0.4, 0.5) is 4.39 Å². The van der Waals surface area contributed by atoms with Gasteiger partial charge in [0, 0.05) is 6.54 Å². The van der Waals surface area contributed by atoms with Gasteiger partial charge in [-0.25, -0.2) is 9.07 Å². The summed E-state index contributed by atoms with van der Waals surface area (Å²) in [5.41, 5.74) is 0.978. The van der Waals surface area contributed by atoms with Gasteiger partial charge in [-0.15, -0.1) is 5.10 Å². The molecule has 1 aromatic heterocycles. The van der Waals surface area contributed by atoms with Gasteiger partial charge in [0.05, 0.1) is 12.6 Å². The minimum atomic E-state index is -0.259. The molecular weight excluding hydrogens is 359 g/mol. The van der Waals surface area contributed by atoms with E-state index in [1.165, 1.54) is 25.0 Å². The fourth-order valence-corrected chi connectivity index (χ4v) is 4.20. The van der Waals surface area contributed by atoms with Gasteiger partial charge in [-0.05, 0) is 72.8 Å². The van der Waals surface area contributed by atoms with E-state index in [9.17, 15) is 9.18 Å². The van der Waals surface area contributed by atoms with E-state index in [4.69, 9.17) is 0 Å². The molecule has 0 aliphatic carbocycles. The van der Waals surface area contributed by atoms with E-state index in [1.807, 2.05) is 4.90 Å². The van der Waals surface area contributed by atoms with Crippen LogP contribution in [0.25, 0.3) is 0 Å². The lowest BCUT2D eigenvalue weighted by atomic mass is 9.99. The van der Waals surface area contributed by atoms with Gasteiger partial charge in [-0.1, -0.05) is 19.1 Å². The third-order valence-corrected chi connectivity index (χ3v) is 5.96. The van der Waals surface area contributed by atoms with Gasteiger partial charge in [0.15, 0.2) is 5.82 Å². The van der Waals surface area contributed by atoms with Crippen LogP contribution < -0.4 is 0 Å². The molecule has 0 radical (unpaired) electrons. The summed E-state index contributed by atoms with van der Waals surface area (Å²) in [6.45, 7) is 5.90. The third-order valence-electron chi connectivity index (χ3n) is 5.96. The summed E-state index contributed by atoms with van der Waals surface area (Å²) < 4.78 is 14.9. The Morgan fingerprint density at radius 1 is 1.14 bits per heavy atom. The predicted octanol–water partition coefficient (Wildman–Crippen LogP) is 2.41. The summed E-state index contributed by atoms with van der Waals surface area (Å²) in [5, 5.41) is 12.0. The molecule has 2 saturated heterocycles. The number of carbonyl (C=O) groups excluding carboxylic acids is 1. The number of hydrogen-bond acceptors (Lipinski definition) is 5. The zero-order valence-electron chi connectivity index (χ0n) is 16.3. The molecule has 150 valence electrons. The molecular formula is C20H27FN6O. The van der Waals surface area contributed by atoms with E-state index < -0.39 is 0 Å². The Labute approximate surface area is 164 Å². The van der Waals surface area contributed by atoms with E-state index in [-0.39, 0.29) is 24.3 Å². The molecule has 2 aliphatic rings. The predicted molar refractivity (Wildman–Crippen MR) is 102 cm³/mol. The Morgan fingerprint density at radius 2 is 1.89 bits per heavy atom. The van der Waals surface area contributed by atoms with Crippen LogP contribution in [0.3, 0.4) is 0 Å². The number of tetrazole rings is 1. The minimum Gasteiger partial charge on any atom is -0.334 e. The van der Waals surface area contributed by atoms with Crippen molar-refractivity contribution in [3.8, 4) is 0 Å². The van der Waals surface area contributed by atoms with E-state index in [2.05, 4.69) is 27.3 Å². The molecule has 28 heavy (non-hydrogen) atoms. The average Bonchev–Trinajstić information content (AvgIpc) is 3.34. The van der Waals surface area contributed by atoms with Crippen molar-refractivity contribution in [2.24, 2.45) is 5.92 Å². The van der Waals surface area contributed by atoms with Crippen LogP contribution >= 0.6 is 0 Å². The number of carbonyl (C=O) groups is 1. The van der Waals surface area contributed by atoms with E-state index >= 15 is 0 Å². The van der Waals surface area contributed by atoms with E-state index in [0.717, 1.165) is 43.2 Å². The van der Waals surface area contributed by atoms with Crippen molar-refractivity contribution in [1.29, 1.82) is 0 Å². The first kappa shape index (κ1) is 19.0. The van der Waals surface area contributed by atoms with Crippen LogP contribution in [-0.4, -0.2) is 55.5 Å². The SMILES string of the molecule is CC1CCN(Cc2nnnn2CC(=O)N2CCCC2c2ccc(F)cc2)CC1. The van der Waals surface area contributed by atoms with Crippen LogP contribution in [0.1, 0.15) is 50.0 Å². The lowest BCUT2D eigenvalue weighted by molar-refractivity contribution is -0.133. The number of piperidine rings is 1. The van der Waals surface area contributed by atoms with Crippen molar-refractivity contribution < 1.29 is 9.18 Å². The maximum atomic E-state index is 13.2. The monoisotopic (exact) mass is 386 g/mol. The molecule has 0 saturated carbocycles. The fraction of sp³-hybridized carbons (Fsp3) is 0.600.